The Hall–Kier alpha value is -4.64. The number of hydrogen-bond donors (Lipinski definition) is 0. The number of nitrogens with zero attached hydrogens (tertiary/aromatic N) is 4. The minimum atomic E-state index is -0.0817. The van der Waals surface area contributed by atoms with Gasteiger partial charge in [0.05, 0.1) is 22.4 Å². The summed E-state index contributed by atoms with van der Waals surface area (Å²) in [6.07, 6.45) is 7.80. The van der Waals surface area contributed by atoms with Crippen molar-refractivity contribution >= 4 is 21.8 Å². The quantitative estimate of drug-likeness (QED) is 0.151. The minimum absolute atomic E-state index is 0.0817. The van der Waals surface area contributed by atoms with Gasteiger partial charge in [0.15, 0.2) is 0 Å². The van der Waals surface area contributed by atoms with Crippen LogP contribution in [0.1, 0.15) is 102 Å². The number of para-hydroxylation sites is 1. The molecule has 0 aliphatic heterocycles. The summed E-state index contributed by atoms with van der Waals surface area (Å²) >= 11 is 0. The molecule has 0 fully saturated rings. The summed E-state index contributed by atoms with van der Waals surface area (Å²) in [4.78, 5) is 4.84. The molecule has 0 radical (unpaired) electrons. The molecule has 51 heavy (non-hydrogen) atoms. The molecule has 0 unspecified atom stereocenters. The van der Waals surface area contributed by atoms with E-state index in [2.05, 4.69) is 157 Å². The zero-order valence-electron chi connectivity index (χ0n) is 32.2. The Kier molecular flexibility index (Phi) is 9.20. The second-order valence-corrected chi connectivity index (χ2v) is 16.4. The van der Waals surface area contributed by atoms with Crippen LogP contribution in [0.15, 0.2) is 90.6 Å². The highest BCUT2D eigenvalue weighted by molar-refractivity contribution is 6.09. The predicted molar refractivity (Wildman–Crippen MR) is 213 cm³/mol. The van der Waals surface area contributed by atoms with Crippen LogP contribution in [0.25, 0.3) is 33.3 Å². The molecule has 3 heterocycles. The molecule has 0 N–H and O–H groups in total. The number of hydrogen-bond acceptors (Lipinski definition) is 3. The second kappa shape index (κ2) is 13.5. The lowest BCUT2D eigenvalue weighted by atomic mass is 9.69. The van der Waals surface area contributed by atoms with Gasteiger partial charge in [-0.05, 0) is 110 Å². The van der Waals surface area contributed by atoms with E-state index in [-0.39, 0.29) is 5.41 Å². The zero-order valence-corrected chi connectivity index (χ0v) is 32.2. The van der Waals surface area contributed by atoms with Gasteiger partial charge < -0.3 is 4.74 Å². The Morgan fingerprint density at radius 3 is 2.37 bits per heavy atom. The van der Waals surface area contributed by atoms with Crippen molar-refractivity contribution in [3.8, 4) is 23.0 Å². The smallest absolute Gasteiger partial charge is 0.137 e. The standard InChI is InChI=1S/C46H54N4O/c1-11-14-33-19-20-47-43(23-33)49-41-16-13-12-15-39(41)40-18-17-37(27-42(40)49)51-38-25-35(46(8,9)10)24-36(26-38)50-32(7)45(31(6)48-50)44-29(4)21-34(28(2)3)22-30(44)5/h12-13,15-21,23-28,30,34,44H,11,14,22H2,1-10H3/t30-,34-,44-/m0/s1. The lowest BCUT2D eigenvalue weighted by Crippen LogP contribution is -2.24. The normalized spacial score (nSPS) is 18.2. The summed E-state index contributed by atoms with van der Waals surface area (Å²) in [5.74, 6) is 4.76. The van der Waals surface area contributed by atoms with E-state index < -0.39 is 0 Å². The Morgan fingerprint density at radius 2 is 1.65 bits per heavy atom. The van der Waals surface area contributed by atoms with Crippen LogP contribution < -0.4 is 4.74 Å². The van der Waals surface area contributed by atoms with Gasteiger partial charge >= 0.3 is 0 Å². The first kappa shape index (κ1) is 34.8. The van der Waals surface area contributed by atoms with Crippen molar-refractivity contribution in [1.82, 2.24) is 19.3 Å². The number of fused-ring (bicyclic) bond motifs is 3. The van der Waals surface area contributed by atoms with E-state index >= 15 is 0 Å². The van der Waals surface area contributed by atoms with Crippen molar-refractivity contribution in [3.63, 3.8) is 0 Å². The maximum absolute atomic E-state index is 6.81. The molecule has 1 aliphatic carbocycles. The van der Waals surface area contributed by atoms with Gasteiger partial charge in [0.25, 0.3) is 0 Å². The van der Waals surface area contributed by atoms with E-state index in [0.29, 0.717) is 23.7 Å². The van der Waals surface area contributed by atoms with Crippen LogP contribution in [0.3, 0.4) is 0 Å². The van der Waals surface area contributed by atoms with Gasteiger partial charge in [0.1, 0.15) is 17.3 Å². The van der Waals surface area contributed by atoms with E-state index in [0.717, 1.165) is 52.6 Å². The highest BCUT2D eigenvalue weighted by atomic mass is 16.5. The topological polar surface area (TPSA) is 44.9 Å². The fourth-order valence-electron chi connectivity index (χ4n) is 8.48. The van der Waals surface area contributed by atoms with Crippen LogP contribution in [0.2, 0.25) is 0 Å². The number of pyridine rings is 1. The van der Waals surface area contributed by atoms with E-state index in [1.807, 2.05) is 6.20 Å². The van der Waals surface area contributed by atoms with Crippen LogP contribution in [0, 0.1) is 31.6 Å². The molecule has 0 spiro atoms. The molecule has 6 aromatic rings. The van der Waals surface area contributed by atoms with Crippen LogP contribution in [0.4, 0.5) is 0 Å². The van der Waals surface area contributed by atoms with Gasteiger partial charge in [-0.15, -0.1) is 0 Å². The summed E-state index contributed by atoms with van der Waals surface area (Å²) in [6.45, 7) is 22.9. The average Bonchev–Trinajstić information content (AvgIpc) is 3.57. The third kappa shape index (κ3) is 6.52. The van der Waals surface area contributed by atoms with Crippen LogP contribution in [0.5, 0.6) is 11.5 Å². The third-order valence-electron chi connectivity index (χ3n) is 11.2. The molecule has 3 aromatic carbocycles. The predicted octanol–water partition coefficient (Wildman–Crippen LogP) is 12.4. The molecule has 5 nitrogen and oxygen atoms in total. The van der Waals surface area contributed by atoms with E-state index in [1.165, 1.54) is 45.2 Å². The molecular formula is C46H54N4O. The zero-order chi connectivity index (χ0) is 36.2. The van der Waals surface area contributed by atoms with Crippen molar-refractivity contribution in [3.05, 3.63) is 119 Å². The Balaban J connectivity index is 1.31. The molecule has 0 bridgehead atoms. The molecule has 3 aromatic heterocycles. The monoisotopic (exact) mass is 678 g/mol. The third-order valence-corrected chi connectivity index (χ3v) is 11.2. The fraction of sp³-hybridized carbons (Fsp3) is 0.391. The van der Waals surface area contributed by atoms with Crippen molar-refractivity contribution in [2.75, 3.05) is 0 Å². The molecule has 0 amide bonds. The molecule has 5 heteroatoms. The number of benzene rings is 3. The maximum atomic E-state index is 6.81. The van der Waals surface area contributed by atoms with Crippen molar-refractivity contribution in [2.45, 2.75) is 99.8 Å². The fourth-order valence-corrected chi connectivity index (χ4v) is 8.48. The molecule has 7 rings (SSSR count). The molecule has 1 aliphatic rings. The van der Waals surface area contributed by atoms with Crippen molar-refractivity contribution in [1.29, 1.82) is 0 Å². The van der Waals surface area contributed by atoms with Gasteiger partial charge in [-0.1, -0.05) is 84.7 Å². The highest BCUT2D eigenvalue weighted by Crippen LogP contribution is 2.45. The number of allylic oxidation sites excluding steroid dienone is 2. The summed E-state index contributed by atoms with van der Waals surface area (Å²) in [5.41, 5.74) is 10.8. The van der Waals surface area contributed by atoms with Gasteiger partial charge in [-0.3, -0.25) is 4.57 Å². The maximum Gasteiger partial charge on any atom is 0.137 e. The van der Waals surface area contributed by atoms with Crippen LogP contribution in [-0.2, 0) is 11.8 Å². The van der Waals surface area contributed by atoms with Gasteiger partial charge in [-0.25, -0.2) is 9.67 Å². The summed E-state index contributed by atoms with van der Waals surface area (Å²) in [5, 5.41) is 7.59. The largest absolute Gasteiger partial charge is 0.457 e. The minimum Gasteiger partial charge on any atom is -0.457 e. The lowest BCUT2D eigenvalue weighted by Gasteiger charge is -2.35. The highest BCUT2D eigenvalue weighted by Gasteiger charge is 2.33. The van der Waals surface area contributed by atoms with Crippen molar-refractivity contribution < 1.29 is 4.74 Å². The molecule has 264 valence electrons. The van der Waals surface area contributed by atoms with Gasteiger partial charge in [0.2, 0.25) is 0 Å². The molecular weight excluding hydrogens is 625 g/mol. The summed E-state index contributed by atoms with van der Waals surface area (Å²) in [6, 6.07) is 26.0. The molecule has 3 atom stereocenters. The number of ether oxygens (including phenoxy) is 1. The van der Waals surface area contributed by atoms with E-state index in [1.54, 1.807) is 0 Å². The van der Waals surface area contributed by atoms with Gasteiger partial charge in [0, 0.05) is 46.3 Å². The summed E-state index contributed by atoms with van der Waals surface area (Å²) < 4.78 is 11.2. The van der Waals surface area contributed by atoms with E-state index in [4.69, 9.17) is 14.8 Å². The van der Waals surface area contributed by atoms with Crippen LogP contribution in [-0.4, -0.2) is 19.3 Å². The molecule has 0 saturated carbocycles. The Morgan fingerprint density at radius 1 is 0.882 bits per heavy atom. The number of aryl methyl sites for hydroxylation is 2. The van der Waals surface area contributed by atoms with Crippen LogP contribution >= 0.6 is 0 Å². The number of rotatable bonds is 8. The van der Waals surface area contributed by atoms with E-state index in [9.17, 15) is 0 Å². The first-order valence-corrected chi connectivity index (χ1v) is 18.9. The Labute approximate surface area is 304 Å². The van der Waals surface area contributed by atoms with Gasteiger partial charge in [-0.2, -0.15) is 5.10 Å². The average molecular weight is 679 g/mol. The first-order valence-electron chi connectivity index (χ1n) is 18.9. The first-order chi connectivity index (χ1) is 24.3. The van der Waals surface area contributed by atoms with Crippen molar-refractivity contribution in [2.24, 2.45) is 17.8 Å². The Bertz CT molecular complexity index is 2260. The second-order valence-electron chi connectivity index (χ2n) is 16.4. The molecule has 0 saturated heterocycles. The number of aromatic nitrogens is 4. The lowest BCUT2D eigenvalue weighted by molar-refractivity contribution is 0.317. The SMILES string of the molecule is CCCc1ccnc(-n2c3ccccc3c3ccc(Oc4cc(-n5nc(C)c([C@H]6C(C)=C[C@H](C(C)C)C[C@@H]6C)c5C)cc(C(C)(C)C)c4)cc32)c1. The summed E-state index contributed by atoms with van der Waals surface area (Å²) in [7, 11) is 0.